The van der Waals surface area contributed by atoms with Crippen molar-refractivity contribution in [3.8, 4) is 0 Å². The van der Waals surface area contributed by atoms with Gasteiger partial charge in [0.2, 0.25) is 0 Å². The monoisotopic (exact) mass is 300 g/mol. The lowest BCUT2D eigenvalue weighted by molar-refractivity contribution is 0.673. The summed E-state index contributed by atoms with van der Waals surface area (Å²) >= 11 is 8.88. The second-order valence-corrected chi connectivity index (χ2v) is 5.63. The summed E-state index contributed by atoms with van der Waals surface area (Å²) in [4.78, 5) is 7.88. The summed E-state index contributed by atoms with van der Waals surface area (Å²) in [6.45, 7) is 2.16. The standard InChI is InChI=1S/C12H17BrN2S/c1-2-5-9-14-11(8-6-3-4-7-8)10(13)12(16)15-9/h8H,2-7H2,1H3,(H,14,15,16). The van der Waals surface area contributed by atoms with E-state index >= 15 is 0 Å². The fourth-order valence-electron chi connectivity index (χ4n) is 2.38. The first-order chi connectivity index (χ1) is 7.72. The van der Waals surface area contributed by atoms with Gasteiger partial charge in [0.25, 0.3) is 0 Å². The van der Waals surface area contributed by atoms with Crippen LogP contribution in [-0.2, 0) is 6.42 Å². The second kappa shape index (κ2) is 5.41. The molecule has 0 spiro atoms. The van der Waals surface area contributed by atoms with Crippen LogP contribution in [-0.4, -0.2) is 9.97 Å². The van der Waals surface area contributed by atoms with Crippen LogP contribution in [0.3, 0.4) is 0 Å². The highest BCUT2D eigenvalue weighted by atomic mass is 79.9. The minimum atomic E-state index is 0.648. The quantitative estimate of drug-likeness (QED) is 0.832. The number of aryl methyl sites for hydroxylation is 1. The van der Waals surface area contributed by atoms with E-state index in [-0.39, 0.29) is 0 Å². The fourth-order valence-corrected chi connectivity index (χ4v) is 3.11. The topological polar surface area (TPSA) is 28.7 Å². The predicted octanol–water partition coefficient (Wildman–Crippen LogP) is 4.51. The first-order valence-corrected chi connectivity index (χ1v) is 7.21. The van der Waals surface area contributed by atoms with Crippen molar-refractivity contribution in [1.29, 1.82) is 0 Å². The molecule has 1 aliphatic carbocycles. The normalized spacial score (nSPS) is 16.9. The highest BCUT2D eigenvalue weighted by Gasteiger charge is 2.21. The third kappa shape index (κ3) is 2.54. The molecule has 1 heterocycles. The first kappa shape index (κ1) is 12.2. The second-order valence-electron chi connectivity index (χ2n) is 4.45. The van der Waals surface area contributed by atoms with E-state index in [9.17, 15) is 0 Å². The summed E-state index contributed by atoms with van der Waals surface area (Å²) in [5.41, 5.74) is 1.28. The van der Waals surface area contributed by atoms with Crippen molar-refractivity contribution < 1.29 is 0 Å². The van der Waals surface area contributed by atoms with Gasteiger partial charge in [-0.25, -0.2) is 4.98 Å². The molecule has 0 bridgehead atoms. The van der Waals surface area contributed by atoms with Crippen LogP contribution in [0.1, 0.15) is 56.5 Å². The number of rotatable bonds is 3. The number of aromatic nitrogens is 2. The summed E-state index contributed by atoms with van der Waals surface area (Å²) in [5, 5.41) is 0. The average Bonchev–Trinajstić information content (AvgIpc) is 2.76. The Balaban J connectivity index is 2.37. The molecule has 1 N–H and O–H groups in total. The maximum atomic E-state index is 5.30. The van der Waals surface area contributed by atoms with Gasteiger partial charge >= 0.3 is 0 Å². The predicted molar refractivity (Wildman–Crippen MR) is 72.3 cm³/mol. The van der Waals surface area contributed by atoms with Gasteiger partial charge in [-0.2, -0.15) is 0 Å². The van der Waals surface area contributed by atoms with E-state index in [0.717, 1.165) is 23.1 Å². The zero-order valence-corrected chi connectivity index (χ0v) is 12.0. The number of hydrogen-bond donors (Lipinski definition) is 1. The lowest BCUT2D eigenvalue weighted by Crippen LogP contribution is -2.04. The van der Waals surface area contributed by atoms with Gasteiger partial charge in [0, 0.05) is 18.0 Å². The van der Waals surface area contributed by atoms with Crippen molar-refractivity contribution in [3.05, 3.63) is 20.6 Å². The maximum Gasteiger partial charge on any atom is 0.144 e. The molecule has 0 aromatic carbocycles. The molecule has 1 saturated carbocycles. The molecule has 1 aromatic heterocycles. The molecule has 0 saturated heterocycles. The van der Waals surface area contributed by atoms with Gasteiger partial charge < -0.3 is 4.98 Å². The molecule has 1 aliphatic rings. The molecule has 1 fully saturated rings. The number of nitrogens with zero attached hydrogens (tertiary/aromatic N) is 1. The molecule has 16 heavy (non-hydrogen) atoms. The number of H-pyrrole nitrogens is 1. The van der Waals surface area contributed by atoms with E-state index in [1.807, 2.05) is 0 Å². The summed E-state index contributed by atoms with van der Waals surface area (Å²) in [7, 11) is 0. The fraction of sp³-hybridized carbons (Fsp3) is 0.667. The number of hydrogen-bond acceptors (Lipinski definition) is 2. The lowest BCUT2D eigenvalue weighted by atomic mass is 10.0. The molecule has 0 radical (unpaired) electrons. The highest BCUT2D eigenvalue weighted by Crippen LogP contribution is 2.36. The summed E-state index contributed by atoms with van der Waals surface area (Å²) in [6, 6.07) is 0. The van der Waals surface area contributed by atoms with E-state index < -0.39 is 0 Å². The van der Waals surface area contributed by atoms with Crippen molar-refractivity contribution >= 4 is 28.1 Å². The van der Waals surface area contributed by atoms with Crippen LogP contribution in [0.4, 0.5) is 0 Å². The van der Waals surface area contributed by atoms with Gasteiger partial charge in [-0.1, -0.05) is 32.0 Å². The lowest BCUT2D eigenvalue weighted by Gasteiger charge is -2.13. The molecule has 0 amide bonds. The Morgan fingerprint density at radius 2 is 2.12 bits per heavy atom. The molecule has 88 valence electrons. The molecule has 0 atom stereocenters. The molecule has 0 aliphatic heterocycles. The van der Waals surface area contributed by atoms with Crippen LogP contribution >= 0.6 is 28.1 Å². The Kier molecular flexibility index (Phi) is 4.14. The Bertz CT molecular complexity index is 422. The minimum absolute atomic E-state index is 0.648. The van der Waals surface area contributed by atoms with Crippen molar-refractivity contribution in [2.75, 3.05) is 0 Å². The van der Waals surface area contributed by atoms with Crippen LogP contribution in [0, 0.1) is 4.64 Å². The van der Waals surface area contributed by atoms with Crippen LogP contribution in [0.5, 0.6) is 0 Å². The number of aromatic amines is 1. The average molecular weight is 301 g/mol. The zero-order valence-electron chi connectivity index (χ0n) is 9.55. The van der Waals surface area contributed by atoms with Crippen molar-refractivity contribution in [1.82, 2.24) is 9.97 Å². The van der Waals surface area contributed by atoms with Crippen molar-refractivity contribution in [2.45, 2.75) is 51.4 Å². The zero-order chi connectivity index (χ0) is 11.5. The third-order valence-electron chi connectivity index (χ3n) is 3.19. The molecule has 2 nitrogen and oxygen atoms in total. The van der Waals surface area contributed by atoms with Crippen LogP contribution in [0.15, 0.2) is 4.47 Å². The Morgan fingerprint density at radius 3 is 2.75 bits per heavy atom. The largest absolute Gasteiger partial charge is 0.346 e. The van der Waals surface area contributed by atoms with Gasteiger partial charge in [-0.3, -0.25) is 0 Å². The Hall–Kier alpha value is -0.220. The molecule has 0 unspecified atom stereocenters. The van der Waals surface area contributed by atoms with Gasteiger partial charge in [0.05, 0.1) is 4.47 Å². The van der Waals surface area contributed by atoms with E-state index in [1.54, 1.807) is 0 Å². The molecule has 1 aromatic rings. The maximum absolute atomic E-state index is 5.30. The highest BCUT2D eigenvalue weighted by molar-refractivity contribution is 9.10. The van der Waals surface area contributed by atoms with E-state index in [0.29, 0.717) is 10.6 Å². The van der Waals surface area contributed by atoms with Crippen molar-refractivity contribution in [2.24, 2.45) is 0 Å². The summed E-state index contributed by atoms with van der Waals surface area (Å²) in [5.74, 6) is 1.69. The number of halogens is 1. The van der Waals surface area contributed by atoms with Gasteiger partial charge in [-0.05, 0) is 35.2 Å². The minimum Gasteiger partial charge on any atom is -0.346 e. The van der Waals surface area contributed by atoms with E-state index in [1.165, 1.54) is 31.4 Å². The third-order valence-corrected chi connectivity index (χ3v) is 4.55. The summed E-state index contributed by atoms with van der Waals surface area (Å²) in [6.07, 6.45) is 7.31. The first-order valence-electron chi connectivity index (χ1n) is 6.01. The van der Waals surface area contributed by atoms with Crippen LogP contribution in [0.25, 0.3) is 0 Å². The molecule has 2 rings (SSSR count). The van der Waals surface area contributed by atoms with Crippen molar-refractivity contribution in [3.63, 3.8) is 0 Å². The smallest absolute Gasteiger partial charge is 0.144 e. The van der Waals surface area contributed by atoms with Crippen LogP contribution in [0.2, 0.25) is 0 Å². The van der Waals surface area contributed by atoms with E-state index in [2.05, 4.69) is 32.8 Å². The van der Waals surface area contributed by atoms with Gasteiger partial charge in [-0.15, -0.1) is 0 Å². The summed E-state index contributed by atoms with van der Waals surface area (Å²) < 4.78 is 1.72. The molecular weight excluding hydrogens is 284 g/mol. The van der Waals surface area contributed by atoms with Gasteiger partial charge in [0.15, 0.2) is 0 Å². The van der Waals surface area contributed by atoms with Gasteiger partial charge in [0.1, 0.15) is 10.5 Å². The van der Waals surface area contributed by atoms with E-state index in [4.69, 9.17) is 12.2 Å². The Labute approximate surface area is 110 Å². The molecular formula is C12H17BrN2S. The molecule has 4 heteroatoms. The van der Waals surface area contributed by atoms with Crippen LogP contribution < -0.4 is 0 Å². The SMILES string of the molecule is CCCc1nc(=S)c(Br)c(C2CCCC2)[nH]1. The Morgan fingerprint density at radius 1 is 1.44 bits per heavy atom. The number of nitrogens with one attached hydrogen (secondary N) is 1.